The first-order chi connectivity index (χ1) is 13.8. The molecule has 0 bridgehead atoms. The molecule has 2 aromatic carbocycles. The molecule has 0 saturated carbocycles. The van der Waals surface area contributed by atoms with Crippen molar-refractivity contribution in [1.29, 1.82) is 0 Å². The summed E-state index contributed by atoms with van der Waals surface area (Å²) >= 11 is 0. The minimum atomic E-state index is 0.00556. The highest BCUT2D eigenvalue weighted by Crippen LogP contribution is 2.32. The van der Waals surface area contributed by atoms with Gasteiger partial charge in [-0.2, -0.15) is 0 Å². The van der Waals surface area contributed by atoms with Crippen LogP contribution in [-0.4, -0.2) is 61.6 Å². The number of carbonyl (C=O) groups excluding carboxylic acids is 1. The zero-order chi connectivity index (χ0) is 19.2. The Labute approximate surface area is 166 Å². The van der Waals surface area contributed by atoms with E-state index in [0.29, 0.717) is 25.5 Å². The number of hydrogen-bond acceptors (Lipinski definition) is 5. The molecule has 1 fully saturated rings. The summed E-state index contributed by atoms with van der Waals surface area (Å²) in [5.74, 6) is 1.45. The number of hydrogen-bond donors (Lipinski definition) is 1. The molecule has 6 nitrogen and oxygen atoms in total. The Bertz CT molecular complexity index is 789. The van der Waals surface area contributed by atoms with Gasteiger partial charge < -0.3 is 14.8 Å². The van der Waals surface area contributed by atoms with Crippen LogP contribution in [0, 0.1) is 0 Å². The van der Waals surface area contributed by atoms with Crippen LogP contribution >= 0.6 is 0 Å². The molecule has 0 spiro atoms. The van der Waals surface area contributed by atoms with Crippen molar-refractivity contribution in [2.75, 3.05) is 51.3 Å². The second-order valence-corrected chi connectivity index (χ2v) is 7.30. The predicted octanol–water partition coefficient (Wildman–Crippen LogP) is 2.60. The lowest BCUT2D eigenvalue weighted by Gasteiger charge is -2.34. The molecule has 1 N–H and O–H groups in total. The molecular formula is C22H27N3O3. The first kappa shape index (κ1) is 18.8. The van der Waals surface area contributed by atoms with Crippen LogP contribution in [0.4, 0.5) is 5.69 Å². The Morgan fingerprint density at radius 1 is 0.893 bits per heavy atom. The minimum Gasteiger partial charge on any atom is -0.490 e. The fraction of sp³-hybridized carbons (Fsp3) is 0.409. The van der Waals surface area contributed by atoms with Crippen molar-refractivity contribution in [3.05, 3.63) is 54.1 Å². The Balaban J connectivity index is 1.24. The van der Waals surface area contributed by atoms with Gasteiger partial charge in [0.15, 0.2) is 11.5 Å². The van der Waals surface area contributed by atoms with Crippen molar-refractivity contribution in [2.45, 2.75) is 13.0 Å². The summed E-state index contributed by atoms with van der Waals surface area (Å²) < 4.78 is 11.3. The minimum absolute atomic E-state index is 0.00556. The van der Waals surface area contributed by atoms with Crippen LogP contribution < -0.4 is 14.8 Å². The molecule has 6 heteroatoms. The molecule has 0 atom stereocenters. The van der Waals surface area contributed by atoms with E-state index in [2.05, 4.69) is 39.4 Å². The van der Waals surface area contributed by atoms with E-state index in [1.54, 1.807) is 0 Å². The normalized spacial score (nSPS) is 17.7. The predicted molar refractivity (Wildman–Crippen MR) is 109 cm³/mol. The van der Waals surface area contributed by atoms with Gasteiger partial charge in [-0.3, -0.25) is 14.6 Å². The third-order valence-corrected chi connectivity index (χ3v) is 5.11. The van der Waals surface area contributed by atoms with Gasteiger partial charge in [-0.25, -0.2) is 0 Å². The van der Waals surface area contributed by atoms with Crippen LogP contribution in [0.3, 0.4) is 0 Å². The first-order valence-corrected chi connectivity index (χ1v) is 9.94. The van der Waals surface area contributed by atoms with Crippen LogP contribution in [0.15, 0.2) is 48.5 Å². The number of benzene rings is 2. The number of carbonyl (C=O) groups is 1. The molecular weight excluding hydrogens is 354 g/mol. The third-order valence-electron chi connectivity index (χ3n) is 5.11. The summed E-state index contributed by atoms with van der Waals surface area (Å²) in [5, 5.41) is 2.98. The fourth-order valence-corrected chi connectivity index (χ4v) is 3.59. The van der Waals surface area contributed by atoms with E-state index in [9.17, 15) is 4.79 Å². The highest BCUT2D eigenvalue weighted by molar-refractivity contribution is 5.92. The summed E-state index contributed by atoms with van der Waals surface area (Å²) in [6, 6.07) is 16.1. The van der Waals surface area contributed by atoms with E-state index < -0.39 is 0 Å². The van der Waals surface area contributed by atoms with Crippen molar-refractivity contribution < 1.29 is 14.3 Å². The third kappa shape index (κ3) is 5.03. The zero-order valence-corrected chi connectivity index (χ0v) is 16.1. The van der Waals surface area contributed by atoms with Crippen molar-refractivity contribution >= 4 is 11.6 Å². The quantitative estimate of drug-likeness (QED) is 0.863. The van der Waals surface area contributed by atoms with Crippen LogP contribution in [0.25, 0.3) is 0 Å². The highest BCUT2D eigenvalue weighted by Gasteiger charge is 2.19. The molecule has 148 valence electrons. The van der Waals surface area contributed by atoms with E-state index in [-0.39, 0.29) is 5.91 Å². The van der Waals surface area contributed by atoms with E-state index >= 15 is 0 Å². The number of amides is 1. The van der Waals surface area contributed by atoms with Gasteiger partial charge in [0, 0.05) is 50.9 Å². The summed E-state index contributed by atoms with van der Waals surface area (Å²) in [7, 11) is 0. The number of nitrogens with zero attached hydrogens (tertiary/aromatic N) is 2. The molecule has 1 saturated heterocycles. The molecule has 2 aliphatic heterocycles. The lowest BCUT2D eigenvalue weighted by atomic mass is 10.2. The monoisotopic (exact) mass is 381 g/mol. The lowest BCUT2D eigenvalue weighted by molar-refractivity contribution is -0.117. The van der Waals surface area contributed by atoms with Gasteiger partial charge in [-0.1, -0.05) is 30.3 Å². The smallest absolute Gasteiger partial charge is 0.238 e. The lowest BCUT2D eigenvalue weighted by Crippen LogP contribution is -2.48. The van der Waals surface area contributed by atoms with Gasteiger partial charge in [0.05, 0.1) is 19.8 Å². The number of piperazine rings is 1. The maximum Gasteiger partial charge on any atom is 0.238 e. The second-order valence-electron chi connectivity index (χ2n) is 7.30. The Morgan fingerprint density at radius 2 is 1.61 bits per heavy atom. The number of anilines is 1. The molecule has 0 aliphatic carbocycles. The summed E-state index contributed by atoms with van der Waals surface area (Å²) in [6.45, 7) is 6.44. The molecule has 2 aromatic rings. The molecule has 1 amide bonds. The van der Waals surface area contributed by atoms with E-state index in [1.165, 1.54) is 5.56 Å². The molecule has 4 rings (SSSR count). The molecule has 0 unspecified atom stereocenters. The Hall–Kier alpha value is -2.57. The van der Waals surface area contributed by atoms with Gasteiger partial charge in [0.1, 0.15) is 0 Å². The number of ether oxygens (including phenoxy) is 2. The van der Waals surface area contributed by atoms with Crippen LogP contribution in [0.1, 0.15) is 12.0 Å². The Morgan fingerprint density at radius 3 is 2.39 bits per heavy atom. The van der Waals surface area contributed by atoms with Crippen molar-refractivity contribution in [3.8, 4) is 11.5 Å². The van der Waals surface area contributed by atoms with Crippen LogP contribution in [0.5, 0.6) is 11.5 Å². The largest absolute Gasteiger partial charge is 0.490 e. The van der Waals surface area contributed by atoms with Crippen molar-refractivity contribution in [2.24, 2.45) is 0 Å². The van der Waals surface area contributed by atoms with E-state index in [4.69, 9.17) is 9.47 Å². The number of nitrogens with one attached hydrogen (secondary N) is 1. The first-order valence-electron chi connectivity index (χ1n) is 9.94. The summed E-state index contributed by atoms with van der Waals surface area (Å²) in [6.07, 6.45) is 0.868. The van der Waals surface area contributed by atoms with Crippen LogP contribution in [0.2, 0.25) is 0 Å². The van der Waals surface area contributed by atoms with Gasteiger partial charge >= 0.3 is 0 Å². The topological polar surface area (TPSA) is 54.0 Å². The second kappa shape index (κ2) is 9.08. The maximum atomic E-state index is 12.5. The molecule has 0 radical (unpaired) electrons. The molecule has 28 heavy (non-hydrogen) atoms. The van der Waals surface area contributed by atoms with Gasteiger partial charge in [0.25, 0.3) is 0 Å². The number of fused-ring (bicyclic) bond motifs is 1. The Kier molecular flexibility index (Phi) is 6.09. The van der Waals surface area contributed by atoms with Gasteiger partial charge in [-0.15, -0.1) is 0 Å². The van der Waals surface area contributed by atoms with Crippen molar-refractivity contribution in [1.82, 2.24) is 9.80 Å². The maximum absolute atomic E-state index is 12.5. The van der Waals surface area contributed by atoms with Gasteiger partial charge in [-0.05, 0) is 17.7 Å². The standard InChI is InChI=1S/C22H27N3O3/c26-22(23-19-7-8-20-21(15-19)28-14-4-13-27-20)17-25-11-9-24(10-12-25)16-18-5-2-1-3-6-18/h1-3,5-8,15H,4,9-14,16-17H2,(H,23,26). The summed E-state index contributed by atoms with van der Waals surface area (Å²) in [5.41, 5.74) is 2.08. The molecule has 2 aliphatic rings. The van der Waals surface area contributed by atoms with Crippen molar-refractivity contribution in [3.63, 3.8) is 0 Å². The molecule has 0 aromatic heterocycles. The van der Waals surface area contributed by atoms with E-state index in [0.717, 1.165) is 50.6 Å². The fourth-order valence-electron chi connectivity index (χ4n) is 3.59. The molecule has 2 heterocycles. The van der Waals surface area contributed by atoms with Gasteiger partial charge in [0.2, 0.25) is 5.91 Å². The number of rotatable bonds is 5. The zero-order valence-electron chi connectivity index (χ0n) is 16.1. The van der Waals surface area contributed by atoms with E-state index in [1.807, 2.05) is 24.3 Å². The van der Waals surface area contributed by atoms with Crippen LogP contribution in [-0.2, 0) is 11.3 Å². The average molecular weight is 381 g/mol. The SMILES string of the molecule is O=C(CN1CCN(Cc2ccccc2)CC1)Nc1ccc2c(c1)OCCCO2. The average Bonchev–Trinajstić information content (AvgIpc) is 2.95. The highest BCUT2D eigenvalue weighted by atomic mass is 16.5. The summed E-state index contributed by atoms with van der Waals surface area (Å²) in [4.78, 5) is 17.1.